The van der Waals surface area contributed by atoms with Crippen molar-refractivity contribution < 1.29 is 14.3 Å². The summed E-state index contributed by atoms with van der Waals surface area (Å²) in [5, 5.41) is 0.393. The molecule has 3 rings (SSSR count). The molecule has 2 aliphatic heterocycles. The lowest BCUT2D eigenvalue weighted by Crippen LogP contribution is -2.50. The number of rotatable bonds is 2. The molecule has 2 unspecified atom stereocenters. The minimum atomic E-state index is -0.615. The Bertz CT molecular complexity index is 668. The van der Waals surface area contributed by atoms with Crippen LogP contribution in [0.3, 0.4) is 0 Å². The van der Waals surface area contributed by atoms with Crippen LogP contribution in [0.25, 0.3) is 0 Å². The molecule has 0 spiro atoms. The number of halogens is 1. The largest absolute Gasteiger partial charge is 0.444 e. The zero-order chi connectivity index (χ0) is 18.9. The van der Waals surface area contributed by atoms with E-state index in [4.69, 9.17) is 16.3 Å². The van der Waals surface area contributed by atoms with E-state index in [1.54, 1.807) is 28.8 Å². The molecule has 1 aromatic carbocycles. The van der Waals surface area contributed by atoms with Gasteiger partial charge in [-0.25, -0.2) is 4.79 Å². The van der Waals surface area contributed by atoms with Crippen molar-refractivity contribution in [3.8, 4) is 0 Å². The first-order valence-corrected chi connectivity index (χ1v) is 10.4. The highest BCUT2D eigenvalue weighted by Crippen LogP contribution is 2.43. The van der Waals surface area contributed by atoms with Gasteiger partial charge in [-0.05, 0) is 51.3 Å². The maximum absolute atomic E-state index is 13.0. The molecule has 0 aliphatic carbocycles. The van der Waals surface area contributed by atoms with Crippen LogP contribution in [0.4, 0.5) is 4.79 Å². The first kappa shape index (κ1) is 19.4. The summed E-state index contributed by atoms with van der Waals surface area (Å²) in [7, 11) is 0. The molecule has 2 heterocycles. The Hall–Kier alpha value is -1.40. The average Bonchev–Trinajstić information content (AvgIpc) is 3.23. The molecule has 0 N–H and O–H groups in total. The molecular weight excluding hydrogens is 372 g/mol. The predicted molar refractivity (Wildman–Crippen MR) is 104 cm³/mol. The third kappa shape index (κ3) is 4.29. The second-order valence-corrected chi connectivity index (χ2v) is 9.22. The number of nitrogens with zero attached hydrogens (tertiary/aromatic N) is 2. The lowest BCUT2D eigenvalue weighted by atomic mass is 10.1. The van der Waals surface area contributed by atoms with E-state index in [-0.39, 0.29) is 11.3 Å². The number of carbonyl (C=O) groups excluding carboxylic acids is 2. The lowest BCUT2D eigenvalue weighted by molar-refractivity contribution is -0.134. The highest BCUT2D eigenvalue weighted by Gasteiger charge is 2.45. The monoisotopic (exact) mass is 396 g/mol. The van der Waals surface area contributed by atoms with E-state index in [0.717, 1.165) is 31.5 Å². The average molecular weight is 397 g/mol. The number of amides is 2. The summed E-state index contributed by atoms with van der Waals surface area (Å²) < 4.78 is 5.62. The van der Waals surface area contributed by atoms with Crippen molar-refractivity contribution in [2.75, 3.05) is 18.8 Å². The van der Waals surface area contributed by atoms with Crippen LogP contribution in [0.15, 0.2) is 24.3 Å². The second-order valence-electron chi connectivity index (χ2n) is 7.67. The van der Waals surface area contributed by atoms with E-state index >= 15 is 0 Å². The van der Waals surface area contributed by atoms with Crippen molar-refractivity contribution in [2.45, 2.75) is 50.6 Å². The van der Waals surface area contributed by atoms with Crippen molar-refractivity contribution in [1.29, 1.82) is 0 Å². The minimum Gasteiger partial charge on any atom is -0.444 e. The molecule has 7 heteroatoms. The van der Waals surface area contributed by atoms with Gasteiger partial charge in [-0.1, -0.05) is 23.7 Å². The summed E-state index contributed by atoms with van der Waals surface area (Å²) in [5.74, 6) is 0.597. The van der Waals surface area contributed by atoms with Crippen LogP contribution in [-0.2, 0) is 9.53 Å². The van der Waals surface area contributed by atoms with E-state index in [1.807, 2.05) is 37.8 Å². The summed E-state index contributed by atoms with van der Waals surface area (Å²) in [6.45, 7) is 7.05. The molecule has 2 aliphatic rings. The Labute approximate surface area is 164 Å². The van der Waals surface area contributed by atoms with Gasteiger partial charge in [0.1, 0.15) is 17.0 Å². The van der Waals surface area contributed by atoms with Gasteiger partial charge >= 0.3 is 6.09 Å². The van der Waals surface area contributed by atoms with Crippen LogP contribution < -0.4 is 0 Å². The molecule has 0 saturated carbocycles. The molecular formula is C19H25ClN2O3S. The van der Waals surface area contributed by atoms with Gasteiger partial charge in [-0.15, -0.1) is 11.8 Å². The Morgan fingerprint density at radius 3 is 2.35 bits per heavy atom. The Morgan fingerprint density at radius 1 is 1.15 bits per heavy atom. The van der Waals surface area contributed by atoms with Crippen LogP contribution in [0, 0.1) is 0 Å². The lowest BCUT2D eigenvalue weighted by Gasteiger charge is -2.33. The molecule has 1 aromatic rings. The summed E-state index contributed by atoms with van der Waals surface area (Å²) in [5.41, 5.74) is 0.331. The highest BCUT2D eigenvalue weighted by atomic mass is 35.5. The first-order chi connectivity index (χ1) is 12.3. The molecule has 26 heavy (non-hydrogen) atoms. The first-order valence-electron chi connectivity index (χ1n) is 8.93. The molecule has 0 radical (unpaired) electrons. The van der Waals surface area contributed by atoms with Gasteiger partial charge < -0.3 is 9.64 Å². The van der Waals surface area contributed by atoms with E-state index in [9.17, 15) is 9.59 Å². The number of ether oxygens (including phenoxy) is 1. The number of thioether (sulfide) groups is 1. The predicted octanol–water partition coefficient (Wildman–Crippen LogP) is 4.31. The van der Waals surface area contributed by atoms with Crippen LogP contribution >= 0.6 is 23.4 Å². The van der Waals surface area contributed by atoms with Gasteiger partial charge in [0.2, 0.25) is 5.91 Å². The summed E-state index contributed by atoms with van der Waals surface area (Å²) in [4.78, 5) is 29.4. The molecule has 5 nitrogen and oxygen atoms in total. The smallest absolute Gasteiger partial charge is 0.412 e. The van der Waals surface area contributed by atoms with Crippen molar-refractivity contribution in [3.05, 3.63) is 34.9 Å². The van der Waals surface area contributed by atoms with Gasteiger partial charge in [-0.3, -0.25) is 9.69 Å². The Morgan fingerprint density at radius 2 is 1.77 bits per heavy atom. The maximum Gasteiger partial charge on any atom is 0.412 e. The number of hydrogen-bond acceptors (Lipinski definition) is 4. The maximum atomic E-state index is 13.0. The highest BCUT2D eigenvalue weighted by molar-refractivity contribution is 7.99. The molecule has 0 aromatic heterocycles. The number of likely N-dealkylation sites (tertiary alicyclic amines) is 1. The molecule has 2 atom stereocenters. The van der Waals surface area contributed by atoms with Gasteiger partial charge in [-0.2, -0.15) is 0 Å². The fourth-order valence-electron chi connectivity index (χ4n) is 3.27. The number of hydrogen-bond donors (Lipinski definition) is 0. The number of carbonyl (C=O) groups is 2. The fourth-order valence-corrected chi connectivity index (χ4v) is 4.80. The quantitative estimate of drug-likeness (QED) is 0.747. The minimum absolute atomic E-state index is 0.0253. The van der Waals surface area contributed by atoms with Gasteiger partial charge in [0.15, 0.2) is 0 Å². The van der Waals surface area contributed by atoms with E-state index in [1.165, 1.54) is 0 Å². The zero-order valence-electron chi connectivity index (χ0n) is 15.4. The second kappa shape index (κ2) is 7.69. The normalized spacial score (nSPS) is 23.4. The van der Waals surface area contributed by atoms with Crippen molar-refractivity contribution in [1.82, 2.24) is 9.80 Å². The van der Waals surface area contributed by atoms with Crippen LogP contribution in [0.5, 0.6) is 0 Å². The van der Waals surface area contributed by atoms with Crippen LogP contribution in [0.2, 0.25) is 5.02 Å². The molecule has 0 bridgehead atoms. The molecule has 2 saturated heterocycles. The Balaban J connectivity index is 1.87. The summed E-state index contributed by atoms with van der Waals surface area (Å²) in [6, 6.07) is 6.93. The summed E-state index contributed by atoms with van der Waals surface area (Å²) >= 11 is 7.59. The van der Waals surface area contributed by atoms with Gasteiger partial charge in [0, 0.05) is 23.9 Å². The standard InChI is InChI=1S/C19H25ClN2O3S/c1-19(2,3)25-18(24)22-15(16(23)21-10-4-5-11-21)12-26-17(22)13-6-8-14(20)9-7-13/h6-9,15,17H,4-5,10-12H2,1-3H3. The topological polar surface area (TPSA) is 49.9 Å². The molecule has 142 valence electrons. The van der Waals surface area contributed by atoms with Crippen LogP contribution in [0.1, 0.15) is 44.6 Å². The van der Waals surface area contributed by atoms with Crippen molar-refractivity contribution in [2.24, 2.45) is 0 Å². The van der Waals surface area contributed by atoms with E-state index in [0.29, 0.717) is 10.8 Å². The Kier molecular flexibility index (Phi) is 5.72. The zero-order valence-corrected chi connectivity index (χ0v) is 17.0. The van der Waals surface area contributed by atoms with E-state index in [2.05, 4.69) is 0 Å². The third-order valence-electron chi connectivity index (χ3n) is 4.46. The van der Waals surface area contributed by atoms with Crippen LogP contribution in [-0.4, -0.2) is 52.3 Å². The van der Waals surface area contributed by atoms with Crippen molar-refractivity contribution >= 4 is 35.4 Å². The molecule has 2 fully saturated rings. The fraction of sp³-hybridized carbons (Fsp3) is 0.579. The number of benzene rings is 1. The van der Waals surface area contributed by atoms with E-state index < -0.39 is 17.7 Å². The summed E-state index contributed by atoms with van der Waals surface area (Å²) in [6.07, 6.45) is 1.61. The van der Waals surface area contributed by atoms with Gasteiger partial charge in [0.05, 0.1) is 0 Å². The van der Waals surface area contributed by atoms with Crippen molar-refractivity contribution in [3.63, 3.8) is 0 Å². The SMILES string of the molecule is CC(C)(C)OC(=O)N1C(C(=O)N2CCCC2)CSC1c1ccc(Cl)cc1. The van der Waals surface area contributed by atoms with Gasteiger partial charge in [0.25, 0.3) is 0 Å². The molecule has 2 amide bonds. The third-order valence-corrected chi connectivity index (χ3v) is 6.04.